The number of carbonyl (C=O) groups excluding carboxylic acids is 2. The maximum Gasteiger partial charge on any atom is 0.227 e. The molecule has 1 aliphatic heterocycles. The number of amides is 1. The summed E-state index contributed by atoms with van der Waals surface area (Å²) in [5, 5.41) is 0.0628. The molecule has 0 bridgehead atoms. The summed E-state index contributed by atoms with van der Waals surface area (Å²) in [4.78, 5) is 24.6. The van der Waals surface area contributed by atoms with Crippen LogP contribution in [0.1, 0.15) is 18.9 Å². The number of carbonyl (C=O) groups is 2. The minimum Gasteiger partial charge on any atom is -0.312 e. The molecule has 3 nitrogen and oxygen atoms in total. The Bertz CT molecular complexity index is 518. The lowest BCUT2D eigenvalue weighted by molar-refractivity contribution is -0.117. The van der Waals surface area contributed by atoms with E-state index in [2.05, 4.69) is 0 Å². The Balaban J connectivity index is 2.11. The van der Waals surface area contributed by atoms with E-state index in [-0.39, 0.29) is 22.8 Å². The first-order valence-corrected chi connectivity index (χ1v) is 7.16. The van der Waals surface area contributed by atoms with Crippen LogP contribution in [0, 0.1) is 18.7 Å². The number of hydrogen-bond donors (Lipinski definition) is 0. The van der Waals surface area contributed by atoms with Gasteiger partial charge in [0.15, 0.2) is 5.12 Å². The smallest absolute Gasteiger partial charge is 0.227 e. The first-order valence-electron chi connectivity index (χ1n) is 6.18. The molecule has 0 radical (unpaired) electrons. The largest absolute Gasteiger partial charge is 0.312 e. The van der Waals surface area contributed by atoms with Gasteiger partial charge in [0.2, 0.25) is 5.91 Å². The lowest BCUT2D eigenvalue weighted by Crippen LogP contribution is -2.25. The summed E-state index contributed by atoms with van der Waals surface area (Å²) in [6.45, 7) is 3.76. The van der Waals surface area contributed by atoms with Crippen molar-refractivity contribution in [2.45, 2.75) is 20.3 Å². The standard InChI is InChI=1S/C14H16FNO2S/c1-9-12(15)4-3-5-13(9)16-7-11(6-14(16)18)8-19-10(2)17/h3-5,11H,6-8H2,1-2H3. The van der Waals surface area contributed by atoms with Crippen LogP contribution in [0.2, 0.25) is 0 Å². The second-order valence-electron chi connectivity index (χ2n) is 4.76. The Morgan fingerprint density at radius 2 is 2.26 bits per heavy atom. The van der Waals surface area contributed by atoms with E-state index in [1.54, 1.807) is 24.0 Å². The zero-order chi connectivity index (χ0) is 14.0. The second-order valence-corrected chi connectivity index (χ2v) is 5.96. The van der Waals surface area contributed by atoms with Crippen LogP contribution in [-0.4, -0.2) is 23.3 Å². The first kappa shape index (κ1) is 14.1. The molecular weight excluding hydrogens is 265 g/mol. The van der Waals surface area contributed by atoms with Crippen molar-refractivity contribution in [2.75, 3.05) is 17.2 Å². The van der Waals surface area contributed by atoms with Crippen LogP contribution < -0.4 is 4.90 Å². The van der Waals surface area contributed by atoms with Gasteiger partial charge in [-0.1, -0.05) is 17.8 Å². The third-order valence-corrected chi connectivity index (χ3v) is 4.30. The highest BCUT2D eigenvalue weighted by atomic mass is 32.2. The van der Waals surface area contributed by atoms with Gasteiger partial charge in [-0.2, -0.15) is 0 Å². The maximum absolute atomic E-state index is 13.5. The topological polar surface area (TPSA) is 37.4 Å². The van der Waals surface area contributed by atoms with E-state index in [4.69, 9.17) is 0 Å². The zero-order valence-corrected chi connectivity index (χ0v) is 11.8. The molecule has 5 heteroatoms. The van der Waals surface area contributed by atoms with Crippen LogP contribution in [0.5, 0.6) is 0 Å². The fourth-order valence-electron chi connectivity index (χ4n) is 2.25. The lowest BCUT2D eigenvalue weighted by Gasteiger charge is -2.19. The lowest BCUT2D eigenvalue weighted by atomic mass is 10.1. The van der Waals surface area contributed by atoms with Gasteiger partial charge < -0.3 is 4.90 Å². The molecule has 0 saturated carbocycles. The molecule has 1 heterocycles. The van der Waals surface area contributed by atoms with Crippen LogP contribution in [0.15, 0.2) is 18.2 Å². The summed E-state index contributed by atoms with van der Waals surface area (Å²) >= 11 is 1.24. The van der Waals surface area contributed by atoms with Gasteiger partial charge in [-0.25, -0.2) is 4.39 Å². The minimum atomic E-state index is -0.299. The first-order chi connectivity index (χ1) is 8.99. The van der Waals surface area contributed by atoms with Crippen LogP contribution >= 0.6 is 11.8 Å². The van der Waals surface area contributed by atoms with Crippen molar-refractivity contribution in [3.8, 4) is 0 Å². The summed E-state index contributed by atoms with van der Waals surface area (Å²) in [7, 11) is 0. The molecule has 0 N–H and O–H groups in total. The average molecular weight is 281 g/mol. The third kappa shape index (κ3) is 3.15. The van der Waals surface area contributed by atoms with Crippen molar-refractivity contribution in [2.24, 2.45) is 5.92 Å². The Hall–Kier alpha value is -1.36. The van der Waals surface area contributed by atoms with Gasteiger partial charge in [0.25, 0.3) is 0 Å². The molecule has 102 valence electrons. The van der Waals surface area contributed by atoms with Gasteiger partial charge in [-0.3, -0.25) is 9.59 Å². The number of nitrogens with zero attached hydrogens (tertiary/aromatic N) is 1. The van der Waals surface area contributed by atoms with Gasteiger partial charge >= 0.3 is 0 Å². The SMILES string of the molecule is CC(=O)SCC1CC(=O)N(c2cccc(F)c2C)C1. The van der Waals surface area contributed by atoms with E-state index in [1.807, 2.05) is 0 Å². The number of hydrogen-bond acceptors (Lipinski definition) is 3. The van der Waals surface area contributed by atoms with Crippen molar-refractivity contribution in [1.29, 1.82) is 0 Å². The molecule has 1 unspecified atom stereocenters. The number of halogens is 1. The van der Waals surface area contributed by atoms with Crippen LogP contribution in [-0.2, 0) is 9.59 Å². The Labute approximate surface area is 116 Å². The summed E-state index contributed by atoms with van der Waals surface area (Å²) in [6.07, 6.45) is 0.427. The van der Waals surface area contributed by atoms with Crippen molar-refractivity contribution in [1.82, 2.24) is 0 Å². The summed E-state index contributed by atoms with van der Waals surface area (Å²) in [5.41, 5.74) is 1.14. The van der Waals surface area contributed by atoms with E-state index < -0.39 is 0 Å². The second kappa shape index (κ2) is 5.74. The van der Waals surface area contributed by atoms with Crippen LogP contribution in [0.3, 0.4) is 0 Å². The third-order valence-electron chi connectivity index (χ3n) is 3.26. The van der Waals surface area contributed by atoms with E-state index in [0.717, 1.165) is 0 Å². The van der Waals surface area contributed by atoms with Crippen molar-refractivity contribution in [3.05, 3.63) is 29.6 Å². The highest BCUT2D eigenvalue weighted by Crippen LogP contribution is 2.30. The van der Waals surface area contributed by atoms with Gasteiger partial charge in [-0.15, -0.1) is 0 Å². The quantitative estimate of drug-likeness (QED) is 0.855. The van der Waals surface area contributed by atoms with E-state index in [9.17, 15) is 14.0 Å². The number of benzene rings is 1. The Morgan fingerprint density at radius 3 is 2.95 bits per heavy atom. The molecule has 1 aliphatic rings. The summed E-state index contributed by atoms with van der Waals surface area (Å²) < 4.78 is 13.5. The predicted octanol–water partition coefficient (Wildman–Crippen LogP) is 2.77. The van der Waals surface area contributed by atoms with E-state index >= 15 is 0 Å². The number of rotatable bonds is 3. The van der Waals surface area contributed by atoms with Crippen LogP contribution in [0.25, 0.3) is 0 Å². The molecule has 1 saturated heterocycles. The fraction of sp³-hybridized carbons (Fsp3) is 0.429. The van der Waals surface area contributed by atoms with E-state index in [1.165, 1.54) is 24.8 Å². The van der Waals surface area contributed by atoms with Crippen molar-refractivity contribution < 1.29 is 14.0 Å². The number of anilines is 1. The normalized spacial score (nSPS) is 19.0. The molecule has 1 aromatic rings. The molecule has 0 spiro atoms. The minimum absolute atomic E-state index is 0.00264. The monoisotopic (exact) mass is 281 g/mol. The van der Waals surface area contributed by atoms with Gasteiger partial charge in [0.1, 0.15) is 5.82 Å². The molecule has 1 aromatic carbocycles. The highest BCUT2D eigenvalue weighted by Gasteiger charge is 2.31. The molecule has 1 amide bonds. The van der Waals surface area contributed by atoms with Crippen LogP contribution in [0.4, 0.5) is 10.1 Å². The molecular formula is C14H16FNO2S. The highest BCUT2D eigenvalue weighted by molar-refractivity contribution is 8.13. The molecule has 19 heavy (non-hydrogen) atoms. The molecule has 1 atom stereocenters. The number of thioether (sulfide) groups is 1. The van der Waals surface area contributed by atoms with Crippen molar-refractivity contribution in [3.63, 3.8) is 0 Å². The molecule has 0 aliphatic carbocycles. The fourth-order valence-corrected chi connectivity index (χ4v) is 2.94. The molecule has 2 rings (SSSR count). The predicted molar refractivity (Wildman–Crippen MR) is 74.7 cm³/mol. The summed E-state index contributed by atoms with van der Waals surface area (Å²) in [6, 6.07) is 4.77. The maximum atomic E-state index is 13.5. The zero-order valence-electron chi connectivity index (χ0n) is 11.0. The van der Waals surface area contributed by atoms with Gasteiger partial charge in [0.05, 0.1) is 0 Å². The summed E-state index contributed by atoms with van der Waals surface area (Å²) in [5.74, 6) is 0.505. The average Bonchev–Trinajstić information content (AvgIpc) is 2.71. The Morgan fingerprint density at radius 1 is 1.53 bits per heavy atom. The van der Waals surface area contributed by atoms with E-state index in [0.29, 0.717) is 30.0 Å². The van der Waals surface area contributed by atoms with Crippen molar-refractivity contribution >= 4 is 28.5 Å². The Kier molecular flexibility index (Phi) is 4.24. The molecule has 0 aromatic heterocycles. The van der Waals surface area contributed by atoms with Gasteiger partial charge in [-0.05, 0) is 25.0 Å². The molecule has 1 fully saturated rings. The van der Waals surface area contributed by atoms with Gasteiger partial charge in [0, 0.05) is 36.9 Å².